The molecule has 6 heteroatoms. The number of thiazole rings is 1. The predicted molar refractivity (Wildman–Crippen MR) is 91.5 cm³/mol. The van der Waals surface area contributed by atoms with Gasteiger partial charge < -0.3 is 5.11 Å². The lowest BCUT2D eigenvalue weighted by atomic mass is 9.80. The minimum absolute atomic E-state index is 0.000415. The molecule has 0 aliphatic carbocycles. The largest absolute Gasteiger partial charge is 0.481 e. The SMILES string of the molecule is CCCC(C)(CC(=O)Cc1csc(-c2ccc(F)cc2)n1)C(=O)O. The topological polar surface area (TPSA) is 67.3 Å². The fourth-order valence-corrected chi connectivity index (χ4v) is 3.46. The summed E-state index contributed by atoms with van der Waals surface area (Å²) in [6, 6.07) is 6.01. The van der Waals surface area contributed by atoms with E-state index in [0.717, 1.165) is 5.56 Å². The number of aromatic nitrogens is 1. The van der Waals surface area contributed by atoms with Gasteiger partial charge >= 0.3 is 5.97 Å². The molecule has 1 atom stereocenters. The predicted octanol–water partition coefficient (Wildman–Crippen LogP) is 4.34. The van der Waals surface area contributed by atoms with Crippen molar-refractivity contribution in [3.8, 4) is 10.6 Å². The van der Waals surface area contributed by atoms with E-state index in [1.807, 2.05) is 6.92 Å². The number of nitrogens with zero attached hydrogens (tertiary/aromatic N) is 1. The van der Waals surface area contributed by atoms with Crippen molar-refractivity contribution in [1.82, 2.24) is 4.98 Å². The molecule has 0 saturated carbocycles. The number of aliphatic carboxylic acids is 1. The van der Waals surface area contributed by atoms with Crippen LogP contribution in [-0.2, 0) is 16.0 Å². The number of carbonyl (C=O) groups is 2. The number of hydrogen-bond donors (Lipinski definition) is 1. The minimum Gasteiger partial charge on any atom is -0.481 e. The van der Waals surface area contributed by atoms with Gasteiger partial charge in [-0.1, -0.05) is 13.3 Å². The van der Waals surface area contributed by atoms with Crippen LogP contribution < -0.4 is 0 Å². The first-order valence-electron chi connectivity index (χ1n) is 7.79. The van der Waals surface area contributed by atoms with E-state index in [1.54, 1.807) is 24.4 Å². The van der Waals surface area contributed by atoms with Crippen LogP contribution in [0.1, 0.15) is 38.8 Å². The number of carboxylic acids is 1. The van der Waals surface area contributed by atoms with E-state index in [0.29, 0.717) is 23.5 Å². The maximum atomic E-state index is 13.0. The van der Waals surface area contributed by atoms with Crippen molar-refractivity contribution in [2.45, 2.75) is 39.5 Å². The molecule has 128 valence electrons. The number of Topliss-reactive ketones (excluding diaryl/α,β-unsaturated/α-hetero) is 1. The van der Waals surface area contributed by atoms with E-state index in [9.17, 15) is 19.1 Å². The molecule has 0 amide bonds. The monoisotopic (exact) mass is 349 g/mol. The Morgan fingerprint density at radius 2 is 1.96 bits per heavy atom. The first-order valence-corrected chi connectivity index (χ1v) is 8.67. The van der Waals surface area contributed by atoms with E-state index in [4.69, 9.17) is 0 Å². The van der Waals surface area contributed by atoms with Crippen molar-refractivity contribution in [2.24, 2.45) is 5.41 Å². The highest BCUT2D eigenvalue weighted by atomic mass is 32.1. The van der Waals surface area contributed by atoms with Crippen molar-refractivity contribution in [2.75, 3.05) is 0 Å². The standard InChI is InChI=1S/C18H20FNO3S/c1-3-8-18(2,17(22)23)10-15(21)9-14-11-24-16(20-14)12-4-6-13(19)7-5-12/h4-7,11H,3,8-10H2,1-2H3,(H,22,23). The summed E-state index contributed by atoms with van der Waals surface area (Å²) >= 11 is 1.38. The Morgan fingerprint density at radius 1 is 1.29 bits per heavy atom. The molecule has 2 rings (SSSR count). The van der Waals surface area contributed by atoms with E-state index in [1.165, 1.54) is 23.5 Å². The molecule has 1 N–H and O–H groups in total. The molecule has 0 bridgehead atoms. The molecule has 0 aliphatic heterocycles. The zero-order chi connectivity index (χ0) is 17.7. The van der Waals surface area contributed by atoms with Crippen molar-refractivity contribution in [1.29, 1.82) is 0 Å². The normalized spacial score (nSPS) is 13.5. The average molecular weight is 349 g/mol. The first-order chi connectivity index (χ1) is 11.3. The Morgan fingerprint density at radius 3 is 2.54 bits per heavy atom. The van der Waals surface area contributed by atoms with Gasteiger partial charge in [-0.3, -0.25) is 9.59 Å². The van der Waals surface area contributed by atoms with Crippen molar-refractivity contribution < 1.29 is 19.1 Å². The summed E-state index contributed by atoms with van der Waals surface area (Å²) in [6.07, 6.45) is 1.29. The average Bonchev–Trinajstić information content (AvgIpc) is 2.96. The Bertz CT molecular complexity index is 726. The smallest absolute Gasteiger partial charge is 0.309 e. The molecule has 4 nitrogen and oxygen atoms in total. The maximum absolute atomic E-state index is 13.0. The number of hydrogen-bond acceptors (Lipinski definition) is 4. The number of benzene rings is 1. The third-order valence-electron chi connectivity index (χ3n) is 3.93. The van der Waals surface area contributed by atoms with E-state index >= 15 is 0 Å². The van der Waals surface area contributed by atoms with Crippen LogP contribution in [-0.4, -0.2) is 21.8 Å². The molecule has 1 aromatic heterocycles. The van der Waals surface area contributed by atoms with Gasteiger partial charge in [0.15, 0.2) is 0 Å². The highest BCUT2D eigenvalue weighted by Gasteiger charge is 2.34. The number of ketones is 1. The highest BCUT2D eigenvalue weighted by Crippen LogP contribution is 2.30. The minimum atomic E-state index is -1.03. The van der Waals surface area contributed by atoms with Crippen LogP contribution >= 0.6 is 11.3 Å². The molecule has 1 unspecified atom stereocenters. The molecule has 0 spiro atoms. The van der Waals surface area contributed by atoms with Crippen LogP contribution in [0.5, 0.6) is 0 Å². The number of carboxylic acid groups (broad SMARTS) is 1. The summed E-state index contributed by atoms with van der Waals surface area (Å²) in [5.41, 5.74) is 0.386. The van der Waals surface area contributed by atoms with Crippen LogP contribution in [0, 0.1) is 11.2 Å². The second-order valence-corrected chi connectivity index (χ2v) is 7.02. The van der Waals surface area contributed by atoms with Gasteiger partial charge in [-0.2, -0.15) is 0 Å². The molecular weight excluding hydrogens is 329 g/mol. The van der Waals surface area contributed by atoms with Crippen LogP contribution in [0.4, 0.5) is 4.39 Å². The van der Waals surface area contributed by atoms with Gasteiger partial charge in [0.05, 0.1) is 11.1 Å². The first kappa shape index (κ1) is 18.3. The van der Waals surface area contributed by atoms with Gasteiger partial charge in [0.2, 0.25) is 0 Å². The fraction of sp³-hybridized carbons (Fsp3) is 0.389. The van der Waals surface area contributed by atoms with Gasteiger partial charge in [0, 0.05) is 23.8 Å². The van der Waals surface area contributed by atoms with Crippen LogP contribution in [0.25, 0.3) is 10.6 Å². The summed E-state index contributed by atoms with van der Waals surface area (Å²) in [6.45, 7) is 3.52. The second kappa shape index (κ2) is 7.66. The molecule has 0 fully saturated rings. The third kappa shape index (κ3) is 4.47. The van der Waals surface area contributed by atoms with E-state index < -0.39 is 11.4 Å². The summed E-state index contributed by atoms with van der Waals surface area (Å²) in [5.74, 6) is -1.39. The Hall–Kier alpha value is -2.08. The summed E-state index contributed by atoms with van der Waals surface area (Å²) in [5, 5.41) is 11.9. The maximum Gasteiger partial charge on any atom is 0.309 e. The number of carbonyl (C=O) groups excluding carboxylic acids is 1. The van der Waals surface area contributed by atoms with Crippen LogP contribution in [0.15, 0.2) is 29.6 Å². The molecule has 24 heavy (non-hydrogen) atoms. The van der Waals surface area contributed by atoms with Crippen molar-refractivity contribution in [3.05, 3.63) is 41.2 Å². The number of halogens is 1. The Labute approximate surface area is 144 Å². The molecule has 2 aromatic rings. The lowest BCUT2D eigenvalue weighted by Crippen LogP contribution is -2.30. The van der Waals surface area contributed by atoms with Gasteiger partial charge in [0.25, 0.3) is 0 Å². The summed E-state index contributed by atoms with van der Waals surface area (Å²) < 4.78 is 13.0. The Balaban J connectivity index is 2.05. The number of rotatable bonds is 8. The van der Waals surface area contributed by atoms with Crippen molar-refractivity contribution >= 4 is 23.1 Å². The zero-order valence-corrected chi connectivity index (χ0v) is 14.5. The molecule has 1 heterocycles. The van der Waals surface area contributed by atoms with Crippen molar-refractivity contribution in [3.63, 3.8) is 0 Å². The van der Waals surface area contributed by atoms with Gasteiger partial charge in [-0.05, 0) is 37.6 Å². The van der Waals surface area contributed by atoms with Crippen LogP contribution in [0.2, 0.25) is 0 Å². The fourth-order valence-electron chi connectivity index (χ4n) is 2.64. The quantitative estimate of drug-likeness (QED) is 0.770. The lowest BCUT2D eigenvalue weighted by Gasteiger charge is -2.23. The van der Waals surface area contributed by atoms with Gasteiger partial charge in [-0.15, -0.1) is 11.3 Å². The molecule has 0 radical (unpaired) electrons. The zero-order valence-electron chi connectivity index (χ0n) is 13.7. The Kier molecular flexibility index (Phi) is 5.83. The summed E-state index contributed by atoms with van der Waals surface area (Å²) in [4.78, 5) is 28.1. The van der Waals surface area contributed by atoms with E-state index in [-0.39, 0.29) is 24.4 Å². The molecule has 0 aliphatic rings. The lowest BCUT2D eigenvalue weighted by molar-refractivity contribution is -0.150. The highest BCUT2D eigenvalue weighted by molar-refractivity contribution is 7.13. The molecular formula is C18H20FNO3S. The summed E-state index contributed by atoms with van der Waals surface area (Å²) in [7, 11) is 0. The van der Waals surface area contributed by atoms with E-state index in [2.05, 4.69) is 4.98 Å². The third-order valence-corrected chi connectivity index (χ3v) is 4.87. The van der Waals surface area contributed by atoms with Gasteiger partial charge in [-0.25, -0.2) is 9.37 Å². The second-order valence-electron chi connectivity index (χ2n) is 6.16. The van der Waals surface area contributed by atoms with Crippen LogP contribution in [0.3, 0.4) is 0 Å². The molecule has 0 saturated heterocycles. The molecule has 1 aromatic carbocycles. The van der Waals surface area contributed by atoms with Gasteiger partial charge in [0.1, 0.15) is 16.6 Å².